The van der Waals surface area contributed by atoms with Crippen LogP contribution in [0.1, 0.15) is 29.6 Å². The molecule has 0 aliphatic carbocycles. The summed E-state index contributed by atoms with van der Waals surface area (Å²) in [6.45, 7) is 0. The number of hydrogen-bond donors (Lipinski definition) is 2. The summed E-state index contributed by atoms with van der Waals surface area (Å²) in [6.07, 6.45) is 4.04. The predicted molar refractivity (Wildman–Crippen MR) is 71.0 cm³/mol. The van der Waals surface area contributed by atoms with E-state index < -0.39 is 5.97 Å². The van der Waals surface area contributed by atoms with Crippen molar-refractivity contribution in [2.24, 2.45) is 0 Å². The van der Waals surface area contributed by atoms with Crippen molar-refractivity contribution in [3.8, 4) is 0 Å². The number of halogens is 1. The molecule has 4 nitrogen and oxygen atoms in total. The van der Waals surface area contributed by atoms with Crippen molar-refractivity contribution in [1.82, 2.24) is 0 Å². The molecule has 1 aromatic rings. The van der Waals surface area contributed by atoms with E-state index >= 15 is 0 Å². The van der Waals surface area contributed by atoms with Gasteiger partial charge in [-0.25, -0.2) is 4.79 Å². The van der Waals surface area contributed by atoms with Gasteiger partial charge in [-0.15, -0.1) is 0 Å². The van der Waals surface area contributed by atoms with Gasteiger partial charge in [0.25, 0.3) is 0 Å². The lowest BCUT2D eigenvalue weighted by molar-refractivity contribution is 0.0697. The Labute approximate surface area is 113 Å². The third kappa shape index (κ3) is 2.12. The molecule has 0 spiro atoms. The molecule has 2 saturated heterocycles. The summed E-state index contributed by atoms with van der Waals surface area (Å²) in [7, 11) is 0. The van der Waals surface area contributed by atoms with Gasteiger partial charge in [0, 0.05) is 10.2 Å². The number of benzene rings is 1. The normalized spacial score (nSPS) is 29.5. The molecule has 5 heteroatoms. The summed E-state index contributed by atoms with van der Waals surface area (Å²) < 4.78 is 6.57. The van der Waals surface area contributed by atoms with Gasteiger partial charge in [-0.3, -0.25) is 0 Å². The number of carboxylic acids is 1. The standard InChI is InChI=1S/C13H14BrNO3/c14-9-5-7(13(16)17)1-3-10(9)15-11-6-8-2-4-12(11)18-8/h1,3,5,8,11-12,15H,2,4,6H2,(H,16,17). The topological polar surface area (TPSA) is 58.6 Å². The SMILES string of the molecule is O=C(O)c1ccc(NC2CC3CCC2O3)c(Br)c1. The van der Waals surface area contributed by atoms with Crippen LogP contribution in [0.2, 0.25) is 0 Å². The number of carbonyl (C=O) groups is 1. The molecular weight excluding hydrogens is 298 g/mol. The third-order valence-corrected chi connectivity index (χ3v) is 4.32. The van der Waals surface area contributed by atoms with Crippen molar-refractivity contribution < 1.29 is 14.6 Å². The first-order valence-corrected chi connectivity index (χ1v) is 6.87. The molecule has 18 heavy (non-hydrogen) atoms. The molecule has 0 saturated carbocycles. The lowest BCUT2D eigenvalue weighted by Gasteiger charge is -2.22. The van der Waals surface area contributed by atoms with E-state index in [1.54, 1.807) is 18.2 Å². The fraction of sp³-hybridized carbons (Fsp3) is 0.462. The zero-order valence-electron chi connectivity index (χ0n) is 9.73. The van der Waals surface area contributed by atoms with Crippen molar-refractivity contribution in [2.75, 3.05) is 5.32 Å². The first-order chi connectivity index (χ1) is 8.63. The average Bonchev–Trinajstić information content (AvgIpc) is 2.93. The smallest absolute Gasteiger partial charge is 0.335 e. The van der Waals surface area contributed by atoms with E-state index in [1.165, 1.54) is 6.42 Å². The molecule has 0 radical (unpaired) electrons. The number of aromatic carboxylic acids is 1. The van der Waals surface area contributed by atoms with E-state index in [2.05, 4.69) is 21.2 Å². The average molecular weight is 312 g/mol. The van der Waals surface area contributed by atoms with Gasteiger partial charge >= 0.3 is 5.97 Å². The maximum atomic E-state index is 10.9. The summed E-state index contributed by atoms with van der Waals surface area (Å²) in [6, 6.07) is 5.39. The van der Waals surface area contributed by atoms with Crippen molar-refractivity contribution in [3.63, 3.8) is 0 Å². The highest BCUT2D eigenvalue weighted by Crippen LogP contribution is 2.37. The second kappa shape index (κ2) is 4.55. The van der Waals surface area contributed by atoms with Crippen LogP contribution in [0.15, 0.2) is 22.7 Å². The molecule has 3 unspecified atom stereocenters. The highest BCUT2D eigenvalue weighted by molar-refractivity contribution is 9.10. The molecule has 2 fully saturated rings. The van der Waals surface area contributed by atoms with Gasteiger partial charge in [-0.1, -0.05) is 0 Å². The molecule has 2 aliphatic rings. The van der Waals surface area contributed by atoms with E-state index in [4.69, 9.17) is 9.84 Å². The number of rotatable bonds is 3. The highest BCUT2D eigenvalue weighted by atomic mass is 79.9. The highest BCUT2D eigenvalue weighted by Gasteiger charge is 2.40. The van der Waals surface area contributed by atoms with E-state index in [-0.39, 0.29) is 5.56 Å². The number of nitrogens with one attached hydrogen (secondary N) is 1. The van der Waals surface area contributed by atoms with Gasteiger partial charge in [0.15, 0.2) is 0 Å². The Morgan fingerprint density at radius 1 is 1.44 bits per heavy atom. The summed E-state index contributed by atoms with van der Waals surface area (Å²) in [5, 5.41) is 12.4. The number of fused-ring (bicyclic) bond motifs is 2. The van der Waals surface area contributed by atoms with Gasteiger partial charge in [-0.2, -0.15) is 0 Å². The molecule has 2 aliphatic heterocycles. The zero-order chi connectivity index (χ0) is 12.7. The van der Waals surface area contributed by atoms with Crippen LogP contribution in [-0.2, 0) is 4.74 Å². The number of anilines is 1. The van der Waals surface area contributed by atoms with Crippen LogP contribution in [0.25, 0.3) is 0 Å². The summed E-state index contributed by atoms with van der Waals surface area (Å²) >= 11 is 3.41. The van der Waals surface area contributed by atoms with Crippen molar-refractivity contribution in [2.45, 2.75) is 37.5 Å². The number of carboxylic acid groups (broad SMARTS) is 1. The van der Waals surface area contributed by atoms with Crippen molar-refractivity contribution >= 4 is 27.6 Å². The second-order valence-electron chi connectivity index (χ2n) is 4.86. The molecule has 3 atom stereocenters. The molecular formula is C13H14BrNO3. The molecule has 0 aromatic heterocycles. The van der Waals surface area contributed by atoms with E-state index in [1.807, 2.05) is 0 Å². The van der Waals surface area contributed by atoms with Crippen molar-refractivity contribution in [1.29, 1.82) is 0 Å². The summed E-state index contributed by atoms with van der Waals surface area (Å²) in [4.78, 5) is 10.9. The van der Waals surface area contributed by atoms with Crippen LogP contribution >= 0.6 is 15.9 Å². The zero-order valence-corrected chi connectivity index (χ0v) is 11.3. The first kappa shape index (κ1) is 12.0. The van der Waals surface area contributed by atoms with Crippen LogP contribution < -0.4 is 5.32 Å². The molecule has 96 valence electrons. The second-order valence-corrected chi connectivity index (χ2v) is 5.71. The van der Waals surface area contributed by atoms with Gasteiger partial charge in [-0.05, 0) is 53.4 Å². The maximum absolute atomic E-state index is 10.9. The van der Waals surface area contributed by atoms with Crippen molar-refractivity contribution in [3.05, 3.63) is 28.2 Å². The molecule has 2 heterocycles. The maximum Gasteiger partial charge on any atom is 0.335 e. The van der Waals surface area contributed by atoms with Crippen LogP contribution in [0.5, 0.6) is 0 Å². The fourth-order valence-electron chi connectivity index (χ4n) is 2.75. The third-order valence-electron chi connectivity index (χ3n) is 3.66. The van der Waals surface area contributed by atoms with Gasteiger partial charge in [0.2, 0.25) is 0 Å². The van der Waals surface area contributed by atoms with E-state index in [9.17, 15) is 4.79 Å². The molecule has 0 amide bonds. The van der Waals surface area contributed by atoms with Crippen LogP contribution in [0.3, 0.4) is 0 Å². The monoisotopic (exact) mass is 311 g/mol. The Bertz CT molecular complexity index is 491. The summed E-state index contributed by atoms with van der Waals surface area (Å²) in [5.41, 5.74) is 1.22. The van der Waals surface area contributed by atoms with Crippen LogP contribution in [-0.4, -0.2) is 29.3 Å². The quantitative estimate of drug-likeness (QED) is 0.901. The Morgan fingerprint density at radius 3 is 2.83 bits per heavy atom. The Morgan fingerprint density at radius 2 is 2.28 bits per heavy atom. The van der Waals surface area contributed by atoms with E-state index in [0.717, 1.165) is 23.0 Å². The number of hydrogen-bond acceptors (Lipinski definition) is 3. The van der Waals surface area contributed by atoms with Gasteiger partial charge < -0.3 is 15.2 Å². The lowest BCUT2D eigenvalue weighted by Crippen LogP contribution is -2.30. The van der Waals surface area contributed by atoms with Gasteiger partial charge in [0.1, 0.15) is 0 Å². The first-order valence-electron chi connectivity index (χ1n) is 6.08. The minimum absolute atomic E-state index is 0.289. The lowest BCUT2D eigenvalue weighted by atomic mass is 9.95. The Hall–Kier alpha value is -1.07. The minimum Gasteiger partial charge on any atom is -0.478 e. The summed E-state index contributed by atoms with van der Waals surface area (Å²) in [5.74, 6) is -0.912. The Balaban J connectivity index is 1.75. The Kier molecular flexibility index (Phi) is 3.03. The molecule has 1 aromatic carbocycles. The van der Waals surface area contributed by atoms with Crippen LogP contribution in [0, 0.1) is 0 Å². The van der Waals surface area contributed by atoms with Crippen LogP contribution in [0.4, 0.5) is 5.69 Å². The molecule has 2 bridgehead atoms. The molecule has 2 N–H and O–H groups in total. The largest absolute Gasteiger partial charge is 0.478 e. The molecule has 3 rings (SSSR count). The number of ether oxygens (including phenoxy) is 1. The predicted octanol–water partition coefficient (Wildman–Crippen LogP) is 2.88. The minimum atomic E-state index is -0.912. The fourth-order valence-corrected chi connectivity index (χ4v) is 3.25. The van der Waals surface area contributed by atoms with E-state index in [0.29, 0.717) is 18.2 Å². The van der Waals surface area contributed by atoms with Gasteiger partial charge in [0.05, 0.1) is 23.8 Å².